The number of aromatic nitrogens is 4. The van der Waals surface area contributed by atoms with E-state index in [1.807, 2.05) is 11.0 Å². The van der Waals surface area contributed by atoms with Crippen LogP contribution < -0.4 is 25.4 Å². The third-order valence-electron chi connectivity index (χ3n) is 11.4. The van der Waals surface area contributed by atoms with Crippen molar-refractivity contribution < 1.29 is 27.9 Å². The Labute approximate surface area is 330 Å². The fourth-order valence-corrected chi connectivity index (χ4v) is 10.3. The number of aryl methyl sites for hydroxylation is 1. The van der Waals surface area contributed by atoms with Crippen LogP contribution in [0.4, 0.5) is 28.7 Å². The maximum Gasteiger partial charge on any atom is 0.293 e. The first-order valence-corrected chi connectivity index (χ1v) is 20.7. The summed E-state index contributed by atoms with van der Waals surface area (Å²) >= 11 is 0. The van der Waals surface area contributed by atoms with Crippen LogP contribution in [0.1, 0.15) is 54.0 Å². The Morgan fingerprint density at radius 1 is 1.09 bits per heavy atom. The van der Waals surface area contributed by atoms with E-state index in [1.165, 1.54) is 20.1 Å². The Kier molecular flexibility index (Phi) is 10.0. The van der Waals surface area contributed by atoms with Gasteiger partial charge in [0.2, 0.25) is 15.9 Å². The van der Waals surface area contributed by atoms with Crippen LogP contribution in [0.15, 0.2) is 60.2 Å². The van der Waals surface area contributed by atoms with Gasteiger partial charge in [0.05, 0.1) is 23.7 Å². The predicted molar refractivity (Wildman–Crippen MR) is 216 cm³/mol. The highest BCUT2D eigenvalue weighted by Crippen LogP contribution is 2.40. The number of carbonyl (C=O) groups is 2. The molecule has 2 amide bonds. The van der Waals surface area contributed by atoms with Gasteiger partial charge in [0.25, 0.3) is 11.5 Å². The molecule has 6 heterocycles. The van der Waals surface area contributed by atoms with Gasteiger partial charge in [-0.25, -0.2) is 18.4 Å². The van der Waals surface area contributed by atoms with Crippen molar-refractivity contribution in [3.05, 3.63) is 88.2 Å². The monoisotopic (exact) mass is 797 g/mol. The first-order valence-electron chi connectivity index (χ1n) is 19.1. The fourth-order valence-electron chi connectivity index (χ4n) is 8.60. The topological polar surface area (TPSA) is 184 Å². The van der Waals surface area contributed by atoms with Crippen molar-refractivity contribution in [1.29, 1.82) is 0 Å². The lowest BCUT2D eigenvalue weighted by molar-refractivity contribution is -0.111. The number of sulfonamides is 1. The van der Waals surface area contributed by atoms with Crippen LogP contribution >= 0.6 is 0 Å². The van der Waals surface area contributed by atoms with Gasteiger partial charge in [-0.1, -0.05) is 20.4 Å². The molecule has 3 N–H and O–H groups in total. The minimum atomic E-state index is -3.80. The number of pyridine rings is 1. The molecule has 4 aromatic rings. The summed E-state index contributed by atoms with van der Waals surface area (Å²) in [5.41, 5.74) is 4.74. The number of aliphatic hydroxyl groups excluding tert-OH is 1. The quantitative estimate of drug-likeness (QED) is 0.211. The first kappa shape index (κ1) is 38.5. The number of ether oxygens (including phenoxy) is 1. The van der Waals surface area contributed by atoms with Crippen molar-refractivity contribution in [1.82, 2.24) is 24.0 Å². The summed E-state index contributed by atoms with van der Waals surface area (Å²) in [6, 6.07) is 8.53. The van der Waals surface area contributed by atoms with E-state index in [9.17, 15) is 27.9 Å². The van der Waals surface area contributed by atoms with E-state index in [0.29, 0.717) is 66.9 Å². The average molecular weight is 798 g/mol. The van der Waals surface area contributed by atoms with Crippen molar-refractivity contribution in [2.24, 2.45) is 12.5 Å². The highest BCUT2D eigenvalue weighted by molar-refractivity contribution is 7.92. The van der Waals surface area contributed by atoms with E-state index < -0.39 is 28.1 Å². The molecule has 8 rings (SSSR count). The van der Waals surface area contributed by atoms with Crippen LogP contribution in [-0.2, 0) is 52.6 Å². The molecule has 2 saturated heterocycles. The number of anilines is 5. The summed E-state index contributed by atoms with van der Waals surface area (Å²) in [5, 5.41) is 16.5. The molecule has 3 aromatic heterocycles. The number of fused-ring (bicyclic) bond motifs is 3. The molecule has 0 unspecified atom stereocenters. The lowest BCUT2D eigenvalue weighted by Crippen LogP contribution is -2.54. The molecule has 0 radical (unpaired) electrons. The molecule has 0 saturated carbocycles. The number of nitrogens with one attached hydrogen (secondary N) is 2. The van der Waals surface area contributed by atoms with E-state index in [0.717, 1.165) is 31.8 Å². The van der Waals surface area contributed by atoms with Gasteiger partial charge in [0.1, 0.15) is 17.4 Å². The number of aliphatic hydroxyl groups is 1. The minimum Gasteiger partial charge on any atom is -0.392 e. The highest BCUT2D eigenvalue weighted by Gasteiger charge is 2.38. The summed E-state index contributed by atoms with van der Waals surface area (Å²) in [5.74, 6) is -0.639. The van der Waals surface area contributed by atoms with E-state index >= 15 is 0 Å². The Hall–Kier alpha value is -5.36. The van der Waals surface area contributed by atoms with Crippen LogP contribution in [0.3, 0.4) is 0 Å². The lowest BCUT2D eigenvalue weighted by Gasteiger charge is -2.41. The summed E-state index contributed by atoms with van der Waals surface area (Å²) in [4.78, 5) is 52.8. The van der Waals surface area contributed by atoms with Gasteiger partial charge in [-0.2, -0.15) is 0 Å². The van der Waals surface area contributed by atoms with Gasteiger partial charge >= 0.3 is 0 Å². The van der Waals surface area contributed by atoms with Crippen LogP contribution in [0.5, 0.6) is 0 Å². The number of benzene rings is 1. The SMILES string of the molecule is C=CC(=O)Nc1cc(Nc2nc(-c3ccnc(N4CCn5c(cc6c5CC(C)(C)C6)C4=O)c3CO)cn(C)c2=O)ccc1N1CCN(C2CCOCC2)CS1(=O)=O. The zero-order chi connectivity index (χ0) is 40.2. The van der Waals surface area contributed by atoms with E-state index in [2.05, 4.69) is 45.6 Å². The van der Waals surface area contributed by atoms with Gasteiger partial charge in [-0.05, 0) is 73.1 Å². The number of hydrogen-bond donors (Lipinski definition) is 3. The molecule has 2 fully saturated rings. The van der Waals surface area contributed by atoms with E-state index in [1.54, 1.807) is 48.6 Å². The van der Waals surface area contributed by atoms with Gasteiger partial charge in [0.15, 0.2) is 5.82 Å². The predicted octanol–water partition coefficient (Wildman–Crippen LogP) is 3.38. The fraction of sp³-hybridized carbons (Fsp3) is 0.425. The van der Waals surface area contributed by atoms with Crippen molar-refractivity contribution in [2.75, 3.05) is 58.6 Å². The van der Waals surface area contributed by atoms with E-state index in [-0.39, 0.29) is 47.0 Å². The first-order chi connectivity index (χ1) is 27.3. The van der Waals surface area contributed by atoms with Crippen molar-refractivity contribution in [3.8, 4) is 11.3 Å². The third kappa shape index (κ3) is 7.24. The third-order valence-corrected chi connectivity index (χ3v) is 13.1. The van der Waals surface area contributed by atoms with Crippen LogP contribution in [0, 0.1) is 5.41 Å². The second kappa shape index (κ2) is 14.9. The summed E-state index contributed by atoms with van der Waals surface area (Å²) < 4.78 is 37.6. The summed E-state index contributed by atoms with van der Waals surface area (Å²) in [6.45, 7) is 10.4. The number of hydrogen-bond acceptors (Lipinski definition) is 11. The van der Waals surface area contributed by atoms with Crippen LogP contribution in [0.2, 0.25) is 0 Å². The van der Waals surface area contributed by atoms with Gasteiger partial charge in [-0.15, -0.1) is 0 Å². The van der Waals surface area contributed by atoms with Crippen LogP contribution in [0.25, 0.3) is 11.3 Å². The van der Waals surface area contributed by atoms with Gasteiger partial charge < -0.3 is 29.6 Å². The average Bonchev–Trinajstić information content (AvgIpc) is 3.68. The maximum absolute atomic E-state index is 13.9. The maximum atomic E-state index is 13.9. The minimum absolute atomic E-state index is 0.0620. The number of nitrogens with zero attached hydrogens (tertiary/aromatic N) is 7. The largest absolute Gasteiger partial charge is 0.392 e. The molecule has 17 heteroatoms. The molecule has 0 atom stereocenters. The summed E-state index contributed by atoms with van der Waals surface area (Å²) in [6.07, 6.45) is 7.54. The summed E-state index contributed by atoms with van der Waals surface area (Å²) in [7, 11) is -2.22. The molecule has 3 aliphatic heterocycles. The number of carbonyl (C=O) groups excluding carboxylic acids is 2. The normalized spacial score (nSPS) is 19.3. The van der Waals surface area contributed by atoms with Gasteiger partial charge in [0, 0.05) is 87.4 Å². The molecule has 57 heavy (non-hydrogen) atoms. The van der Waals surface area contributed by atoms with E-state index in [4.69, 9.17) is 4.74 Å². The molecular formula is C40H47N9O7S. The molecule has 1 aromatic carbocycles. The Balaban J connectivity index is 1.08. The molecule has 4 aliphatic rings. The molecule has 300 valence electrons. The Bertz CT molecular complexity index is 2450. The van der Waals surface area contributed by atoms with Crippen molar-refractivity contribution >= 4 is 50.5 Å². The van der Waals surface area contributed by atoms with Crippen molar-refractivity contribution in [2.45, 2.75) is 58.7 Å². The molecular weight excluding hydrogens is 751 g/mol. The zero-order valence-corrected chi connectivity index (χ0v) is 33.1. The molecule has 0 spiro atoms. The smallest absolute Gasteiger partial charge is 0.293 e. The Morgan fingerprint density at radius 3 is 2.61 bits per heavy atom. The van der Waals surface area contributed by atoms with Gasteiger partial charge in [-0.3, -0.25) is 28.5 Å². The lowest BCUT2D eigenvalue weighted by atomic mass is 9.90. The molecule has 1 aliphatic carbocycles. The zero-order valence-electron chi connectivity index (χ0n) is 32.3. The standard InChI is InChI=1S/C40H47N9O7S/c1-5-35(51)43-30-19-26(6-7-32(30)49-15-12-46(24-57(49,54)55)27-9-16-56-17-10-27)42-36-39(53)45(4)22-31(44-36)28-8-11-41-37(29(28)23-50)48-14-13-47-33(38(48)52)18-25-20-40(2,3)21-34(25)47/h5-8,11,18-19,22,27,50H,1,9-10,12-17,20-21,23-24H2,2-4H3,(H,42,44)(H,43,51). The second-order valence-electron chi connectivity index (χ2n) is 15.9. The second-order valence-corrected chi connectivity index (χ2v) is 17.7. The number of rotatable bonds is 9. The molecule has 0 bridgehead atoms. The van der Waals surface area contributed by atoms with Crippen LogP contribution in [-0.4, -0.2) is 94.1 Å². The highest BCUT2D eigenvalue weighted by atomic mass is 32.2. The number of amides is 2. The Morgan fingerprint density at radius 2 is 1.88 bits per heavy atom. The molecule has 16 nitrogen and oxygen atoms in total. The van der Waals surface area contributed by atoms with Crippen molar-refractivity contribution in [3.63, 3.8) is 0 Å².